The molecule has 28 heavy (non-hydrogen) atoms. The largest absolute Gasteiger partial charge is 0.347 e. The average Bonchev–Trinajstić information content (AvgIpc) is 2.95. The van der Waals surface area contributed by atoms with Gasteiger partial charge < -0.3 is 10.6 Å². The van der Waals surface area contributed by atoms with Crippen LogP contribution in [-0.4, -0.2) is 41.6 Å². The molecule has 0 radical (unpaired) electrons. The molecule has 2 aliphatic rings. The zero-order valence-corrected chi connectivity index (χ0v) is 16.0. The SMILES string of the molecule is CC(=O)Nc1ccc(CN2C[C@H]3NC(=O)c4ccccc4C(=O)[C@@]3(C)C2)cc1. The van der Waals surface area contributed by atoms with Crippen LogP contribution in [-0.2, 0) is 11.3 Å². The number of fused-ring (bicyclic) bond motifs is 2. The summed E-state index contributed by atoms with van der Waals surface area (Å²) in [4.78, 5) is 39.2. The first-order valence-electron chi connectivity index (χ1n) is 9.40. The first kappa shape index (κ1) is 18.4. The average molecular weight is 377 g/mol. The van der Waals surface area contributed by atoms with Crippen LogP contribution in [0, 0.1) is 5.41 Å². The number of carbonyl (C=O) groups is 3. The van der Waals surface area contributed by atoms with E-state index in [1.807, 2.05) is 31.2 Å². The molecule has 2 atom stereocenters. The summed E-state index contributed by atoms with van der Waals surface area (Å²) in [5.74, 6) is -0.260. The Morgan fingerprint density at radius 2 is 1.82 bits per heavy atom. The van der Waals surface area contributed by atoms with Crippen LogP contribution in [0.4, 0.5) is 5.69 Å². The van der Waals surface area contributed by atoms with Gasteiger partial charge in [-0.15, -0.1) is 0 Å². The van der Waals surface area contributed by atoms with Crippen molar-refractivity contribution in [3.05, 3.63) is 65.2 Å². The summed E-state index contributed by atoms with van der Waals surface area (Å²) in [6, 6.07) is 14.5. The Balaban J connectivity index is 1.53. The summed E-state index contributed by atoms with van der Waals surface area (Å²) in [6.07, 6.45) is 0. The molecule has 2 aromatic rings. The molecular formula is C22H23N3O3. The van der Waals surface area contributed by atoms with Crippen LogP contribution in [0.3, 0.4) is 0 Å². The highest BCUT2D eigenvalue weighted by atomic mass is 16.2. The summed E-state index contributed by atoms with van der Waals surface area (Å²) < 4.78 is 0. The van der Waals surface area contributed by atoms with E-state index in [0.717, 1.165) is 11.3 Å². The van der Waals surface area contributed by atoms with Crippen LogP contribution < -0.4 is 10.6 Å². The molecule has 2 amide bonds. The van der Waals surface area contributed by atoms with E-state index in [9.17, 15) is 14.4 Å². The van der Waals surface area contributed by atoms with E-state index in [4.69, 9.17) is 0 Å². The van der Waals surface area contributed by atoms with Crippen LogP contribution in [0.15, 0.2) is 48.5 Å². The predicted octanol–water partition coefficient (Wildman–Crippen LogP) is 2.46. The van der Waals surface area contributed by atoms with Gasteiger partial charge in [-0.25, -0.2) is 0 Å². The highest BCUT2D eigenvalue weighted by molar-refractivity contribution is 6.12. The number of nitrogens with zero attached hydrogens (tertiary/aromatic N) is 1. The van der Waals surface area contributed by atoms with Crippen LogP contribution in [0.1, 0.15) is 40.1 Å². The number of Topliss-reactive ketones (excluding diaryl/α,β-unsaturated/α-hetero) is 1. The van der Waals surface area contributed by atoms with E-state index in [1.54, 1.807) is 24.3 Å². The van der Waals surface area contributed by atoms with Crippen LogP contribution in [0.2, 0.25) is 0 Å². The van der Waals surface area contributed by atoms with Crippen molar-refractivity contribution in [2.75, 3.05) is 18.4 Å². The second-order valence-corrected chi connectivity index (χ2v) is 7.87. The number of hydrogen-bond acceptors (Lipinski definition) is 4. The quantitative estimate of drug-likeness (QED) is 0.861. The third-order valence-electron chi connectivity index (χ3n) is 5.68. The van der Waals surface area contributed by atoms with Crippen LogP contribution >= 0.6 is 0 Å². The molecule has 6 nitrogen and oxygen atoms in total. The molecular weight excluding hydrogens is 354 g/mol. The standard InChI is InChI=1S/C22H23N3O3/c1-14(26)23-16-9-7-15(8-10-16)11-25-12-19-22(2,13-25)20(27)17-5-3-4-6-18(17)21(28)24-19/h3-10,19H,11-13H2,1-2H3,(H,23,26)(H,24,28)/t19-,22+/m1/s1. The fourth-order valence-electron chi connectivity index (χ4n) is 4.23. The lowest BCUT2D eigenvalue weighted by atomic mass is 9.78. The fourth-order valence-corrected chi connectivity index (χ4v) is 4.23. The van der Waals surface area contributed by atoms with Crippen molar-refractivity contribution >= 4 is 23.3 Å². The van der Waals surface area contributed by atoms with Gasteiger partial charge in [-0.2, -0.15) is 0 Å². The minimum absolute atomic E-state index is 0.0231. The molecule has 0 unspecified atom stereocenters. The number of rotatable bonds is 3. The van der Waals surface area contributed by atoms with Crippen molar-refractivity contribution in [2.45, 2.75) is 26.4 Å². The summed E-state index contributed by atoms with van der Waals surface area (Å²) in [7, 11) is 0. The summed E-state index contributed by atoms with van der Waals surface area (Å²) in [6.45, 7) is 5.31. The maximum absolute atomic E-state index is 13.3. The minimum atomic E-state index is -0.654. The van der Waals surface area contributed by atoms with Crippen molar-refractivity contribution in [1.29, 1.82) is 0 Å². The highest BCUT2D eigenvalue weighted by Gasteiger charge is 2.51. The van der Waals surface area contributed by atoms with Gasteiger partial charge >= 0.3 is 0 Å². The number of carbonyl (C=O) groups excluding carboxylic acids is 3. The summed E-state index contributed by atoms with van der Waals surface area (Å²) in [5.41, 5.74) is 2.16. The predicted molar refractivity (Wildman–Crippen MR) is 106 cm³/mol. The van der Waals surface area contributed by atoms with Gasteiger partial charge in [0.25, 0.3) is 5.91 Å². The van der Waals surface area contributed by atoms with Crippen molar-refractivity contribution in [3.8, 4) is 0 Å². The first-order chi connectivity index (χ1) is 13.4. The highest BCUT2D eigenvalue weighted by Crippen LogP contribution is 2.37. The monoisotopic (exact) mass is 377 g/mol. The third kappa shape index (κ3) is 3.20. The molecule has 2 heterocycles. The molecule has 0 saturated carbocycles. The zero-order valence-electron chi connectivity index (χ0n) is 16.0. The number of ketones is 1. The number of amides is 2. The molecule has 0 spiro atoms. The molecule has 1 saturated heterocycles. The van der Waals surface area contributed by atoms with Gasteiger partial charge in [0.2, 0.25) is 5.91 Å². The van der Waals surface area contributed by atoms with Crippen molar-refractivity contribution < 1.29 is 14.4 Å². The molecule has 0 aromatic heterocycles. The molecule has 4 rings (SSSR count). The molecule has 2 aliphatic heterocycles. The first-order valence-corrected chi connectivity index (χ1v) is 9.40. The number of hydrogen-bond donors (Lipinski definition) is 2. The Bertz CT molecular complexity index is 954. The Hall–Kier alpha value is -2.99. The molecule has 0 bridgehead atoms. The zero-order chi connectivity index (χ0) is 19.9. The summed E-state index contributed by atoms with van der Waals surface area (Å²) in [5, 5.41) is 5.82. The van der Waals surface area contributed by atoms with Gasteiger partial charge in [0.05, 0.1) is 17.0 Å². The van der Waals surface area contributed by atoms with Crippen molar-refractivity contribution in [3.63, 3.8) is 0 Å². The molecule has 2 aromatic carbocycles. The van der Waals surface area contributed by atoms with Gasteiger partial charge in [0, 0.05) is 37.8 Å². The Morgan fingerprint density at radius 3 is 2.50 bits per heavy atom. The van der Waals surface area contributed by atoms with E-state index >= 15 is 0 Å². The van der Waals surface area contributed by atoms with E-state index < -0.39 is 5.41 Å². The normalized spacial score (nSPS) is 24.1. The smallest absolute Gasteiger partial charge is 0.252 e. The third-order valence-corrected chi connectivity index (χ3v) is 5.68. The molecule has 0 aliphatic carbocycles. The van der Waals surface area contributed by atoms with Crippen molar-refractivity contribution in [1.82, 2.24) is 10.2 Å². The van der Waals surface area contributed by atoms with Gasteiger partial charge in [0.15, 0.2) is 5.78 Å². The minimum Gasteiger partial charge on any atom is -0.347 e. The molecule has 6 heteroatoms. The molecule has 1 fully saturated rings. The number of benzene rings is 2. The van der Waals surface area contributed by atoms with Gasteiger partial charge in [-0.1, -0.05) is 30.3 Å². The van der Waals surface area contributed by atoms with Gasteiger partial charge in [-0.3, -0.25) is 19.3 Å². The summed E-state index contributed by atoms with van der Waals surface area (Å²) >= 11 is 0. The second kappa shape index (κ2) is 6.87. The number of anilines is 1. The fraction of sp³-hybridized carbons (Fsp3) is 0.318. The maximum Gasteiger partial charge on any atom is 0.252 e. The Labute approximate surface area is 163 Å². The van der Waals surface area contributed by atoms with E-state index in [-0.39, 0.29) is 23.6 Å². The van der Waals surface area contributed by atoms with Gasteiger partial charge in [0.1, 0.15) is 0 Å². The number of nitrogens with one attached hydrogen (secondary N) is 2. The Morgan fingerprint density at radius 1 is 1.14 bits per heavy atom. The Kier molecular flexibility index (Phi) is 4.51. The second-order valence-electron chi connectivity index (χ2n) is 7.87. The van der Waals surface area contributed by atoms with Gasteiger partial charge in [-0.05, 0) is 30.7 Å². The van der Waals surface area contributed by atoms with Crippen LogP contribution in [0.5, 0.6) is 0 Å². The maximum atomic E-state index is 13.3. The lowest BCUT2D eigenvalue weighted by molar-refractivity contribution is -0.114. The topological polar surface area (TPSA) is 78.5 Å². The van der Waals surface area contributed by atoms with Crippen molar-refractivity contribution in [2.24, 2.45) is 5.41 Å². The molecule has 144 valence electrons. The lowest BCUT2D eigenvalue weighted by Crippen LogP contribution is -2.47. The lowest BCUT2D eigenvalue weighted by Gasteiger charge is -2.27. The van der Waals surface area contributed by atoms with Crippen LogP contribution in [0.25, 0.3) is 0 Å². The van der Waals surface area contributed by atoms with E-state index in [2.05, 4.69) is 15.5 Å². The number of likely N-dealkylation sites (tertiary alicyclic amines) is 1. The van der Waals surface area contributed by atoms with E-state index in [0.29, 0.717) is 30.8 Å². The molecule has 2 N–H and O–H groups in total. The van der Waals surface area contributed by atoms with E-state index in [1.165, 1.54) is 6.92 Å².